The van der Waals surface area contributed by atoms with Crippen LogP contribution in [0, 0.1) is 0 Å². The Morgan fingerprint density at radius 2 is 1.26 bits per heavy atom. The molecule has 4 nitrogen and oxygen atoms in total. The lowest BCUT2D eigenvalue weighted by atomic mass is 10.1. The predicted molar refractivity (Wildman–Crippen MR) is 79.2 cm³/mol. The molecule has 0 aromatic heterocycles. The van der Waals surface area contributed by atoms with E-state index in [-0.39, 0.29) is 0 Å². The second kappa shape index (κ2) is 13.1. The van der Waals surface area contributed by atoms with Gasteiger partial charge in [-0.1, -0.05) is 71.1 Å². The van der Waals surface area contributed by atoms with Crippen molar-refractivity contribution in [3.05, 3.63) is 0 Å². The zero-order chi connectivity index (χ0) is 14.4. The van der Waals surface area contributed by atoms with Crippen LogP contribution < -0.4 is 0 Å². The van der Waals surface area contributed by atoms with Crippen molar-refractivity contribution < 1.29 is 18.5 Å². The summed E-state index contributed by atoms with van der Waals surface area (Å²) < 4.78 is 20.1. The van der Waals surface area contributed by atoms with E-state index in [9.17, 15) is 4.57 Å². The lowest BCUT2D eigenvalue weighted by Gasteiger charge is -2.08. The van der Waals surface area contributed by atoms with Gasteiger partial charge in [-0.05, 0) is 6.42 Å². The maximum Gasteiger partial charge on any atom is 0.471 e. The number of rotatable bonds is 14. The van der Waals surface area contributed by atoms with Gasteiger partial charge in [-0.2, -0.15) is 0 Å². The first kappa shape index (κ1) is 19.1. The molecule has 0 heterocycles. The van der Waals surface area contributed by atoms with Crippen LogP contribution in [0.15, 0.2) is 0 Å². The molecular formula is C14H31O4P. The van der Waals surface area contributed by atoms with E-state index in [1.54, 1.807) is 0 Å². The molecule has 116 valence electrons. The molecule has 0 saturated carbocycles. The summed E-state index contributed by atoms with van der Waals surface area (Å²) in [5, 5.41) is 0. The van der Waals surface area contributed by atoms with Crippen LogP contribution in [0.5, 0.6) is 0 Å². The van der Waals surface area contributed by atoms with Gasteiger partial charge < -0.3 is 4.89 Å². The summed E-state index contributed by atoms with van der Waals surface area (Å²) in [5.74, 6) is 0. The average Bonchev–Trinajstić information content (AvgIpc) is 2.40. The Labute approximate surface area is 118 Å². The van der Waals surface area contributed by atoms with E-state index < -0.39 is 7.82 Å². The second-order valence-corrected chi connectivity index (χ2v) is 6.58. The highest BCUT2D eigenvalue weighted by Crippen LogP contribution is 2.41. The first-order valence-electron chi connectivity index (χ1n) is 7.65. The van der Waals surface area contributed by atoms with Gasteiger partial charge in [-0.3, -0.25) is 9.05 Å². The Kier molecular flexibility index (Phi) is 13.2. The van der Waals surface area contributed by atoms with Crippen LogP contribution in [0.25, 0.3) is 0 Å². The normalized spacial score (nSPS) is 14.5. The van der Waals surface area contributed by atoms with Gasteiger partial charge in [0.25, 0.3) is 0 Å². The second-order valence-electron chi connectivity index (χ2n) is 5.02. The van der Waals surface area contributed by atoms with E-state index in [0.717, 1.165) is 12.8 Å². The van der Waals surface area contributed by atoms with Crippen molar-refractivity contribution >= 4 is 7.82 Å². The quantitative estimate of drug-likeness (QED) is 0.359. The third kappa shape index (κ3) is 14.3. The van der Waals surface area contributed by atoms with Crippen LogP contribution >= 0.6 is 7.82 Å². The summed E-state index contributed by atoms with van der Waals surface area (Å²) in [6.07, 6.45) is 13.8. The molecule has 1 unspecified atom stereocenters. The molecular weight excluding hydrogens is 263 g/mol. The molecule has 0 bridgehead atoms. The topological polar surface area (TPSA) is 55.8 Å². The molecule has 0 spiro atoms. The molecule has 0 aliphatic heterocycles. The van der Waals surface area contributed by atoms with Crippen LogP contribution in [-0.2, 0) is 13.6 Å². The minimum atomic E-state index is -3.75. The van der Waals surface area contributed by atoms with Gasteiger partial charge in [-0.25, -0.2) is 4.57 Å². The average molecular weight is 294 g/mol. The SMILES string of the molecule is CCCCCCCCCCCCCOP(=O)(O)OC. The summed E-state index contributed by atoms with van der Waals surface area (Å²) in [4.78, 5) is 9.00. The predicted octanol–water partition coefficient (Wildman–Crippen LogP) is 5.06. The van der Waals surface area contributed by atoms with Gasteiger partial charge >= 0.3 is 7.82 Å². The maximum atomic E-state index is 11.0. The zero-order valence-electron chi connectivity index (χ0n) is 12.6. The minimum absolute atomic E-state index is 0.304. The van der Waals surface area contributed by atoms with Crippen LogP contribution in [0.2, 0.25) is 0 Å². The van der Waals surface area contributed by atoms with Crippen LogP contribution in [0.1, 0.15) is 77.6 Å². The van der Waals surface area contributed by atoms with E-state index >= 15 is 0 Å². The van der Waals surface area contributed by atoms with Crippen LogP contribution in [-0.4, -0.2) is 18.6 Å². The van der Waals surface area contributed by atoms with Crippen molar-refractivity contribution in [2.45, 2.75) is 77.6 Å². The number of phosphoric ester groups is 1. The van der Waals surface area contributed by atoms with Crippen molar-refractivity contribution in [3.8, 4) is 0 Å². The maximum absolute atomic E-state index is 11.0. The first-order chi connectivity index (χ1) is 9.12. The number of phosphoric acid groups is 1. The molecule has 0 aromatic rings. The first-order valence-corrected chi connectivity index (χ1v) is 9.15. The summed E-state index contributed by atoms with van der Waals surface area (Å²) in [6, 6.07) is 0. The van der Waals surface area contributed by atoms with E-state index in [1.165, 1.54) is 64.9 Å². The Morgan fingerprint density at radius 3 is 1.68 bits per heavy atom. The van der Waals surface area contributed by atoms with Gasteiger partial charge in [0, 0.05) is 7.11 Å². The third-order valence-electron chi connectivity index (χ3n) is 3.23. The summed E-state index contributed by atoms with van der Waals surface area (Å²) in [5.41, 5.74) is 0. The van der Waals surface area contributed by atoms with Crippen molar-refractivity contribution in [3.63, 3.8) is 0 Å². The molecule has 0 aromatic carbocycles. The van der Waals surface area contributed by atoms with Crippen molar-refractivity contribution in [2.75, 3.05) is 13.7 Å². The lowest BCUT2D eigenvalue weighted by Crippen LogP contribution is -1.94. The Bertz CT molecular complexity index is 233. The summed E-state index contributed by atoms with van der Waals surface area (Å²) in [7, 11) is -2.57. The molecule has 0 saturated heterocycles. The smallest absolute Gasteiger partial charge is 0.303 e. The van der Waals surface area contributed by atoms with Gasteiger partial charge in [0.15, 0.2) is 0 Å². The molecule has 0 aliphatic rings. The molecule has 1 N–H and O–H groups in total. The van der Waals surface area contributed by atoms with Crippen molar-refractivity contribution in [1.82, 2.24) is 0 Å². The summed E-state index contributed by atoms with van der Waals surface area (Å²) >= 11 is 0. The molecule has 0 aliphatic carbocycles. The number of hydrogen-bond acceptors (Lipinski definition) is 3. The van der Waals surface area contributed by atoms with Crippen LogP contribution in [0.3, 0.4) is 0 Å². The molecule has 19 heavy (non-hydrogen) atoms. The zero-order valence-corrected chi connectivity index (χ0v) is 13.5. The van der Waals surface area contributed by atoms with E-state index in [0.29, 0.717) is 6.61 Å². The number of unbranched alkanes of at least 4 members (excludes halogenated alkanes) is 10. The molecule has 0 radical (unpaired) electrons. The molecule has 0 fully saturated rings. The molecule has 1 atom stereocenters. The Hall–Kier alpha value is 0.110. The monoisotopic (exact) mass is 294 g/mol. The number of hydrogen-bond donors (Lipinski definition) is 1. The van der Waals surface area contributed by atoms with Gasteiger partial charge in [0.05, 0.1) is 6.61 Å². The fourth-order valence-corrected chi connectivity index (χ4v) is 2.46. The summed E-state index contributed by atoms with van der Waals surface area (Å²) in [6.45, 7) is 2.55. The third-order valence-corrected chi connectivity index (χ3v) is 4.20. The highest BCUT2D eigenvalue weighted by molar-refractivity contribution is 7.47. The van der Waals surface area contributed by atoms with Crippen molar-refractivity contribution in [2.24, 2.45) is 0 Å². The Balaban J connectivity index is 3.09. The molecule has 5 heteroatoms. The lowest BCUT2D eigenvalue weighted by molar-refractivity contribution is 0.170. The van der Waals surface area contributed by atoms with Gasteiger partial charge in [0.1, 0.15) is 0 Å². The largest absolute Gasteiger partial charge is 0.471 e. The van der Waals surface area contributed by atoms with Gasteiger partial charge in [-0.15, -0.1) is 0 Å². The standard InChI is InChI=1S/C14H31O4P/c1-3-4-5-6-7-8-9-10-11-12-13-14-18-19(15,16)17-2/h3-14H2,1-2H3,(H,15,16). The fourth-order valence-electron chi connectivity index (χ4n) is 2.00. The molecule has 0 rings (SSSR count). The van der Waals surface area contributed by atoms with Crippen molar-refractivity contribution in [1.29, 1.82) is 0 Å². The van der Waals surface area contributed by atoms with E-state index in [4.69, 9.17) is 9.42 Å². The van der Waals surface area contributed by atoms with Crippen LogP contribution in [0.4, 0.5) is 0 Å². The Morgan fingerprint density at radius 1 is 0.842 bits per heavy atom. The fraction of sp³-hybridized carbons (Fsp3) is 1.00. The highest BCUT2D eigenvalue weighted by Gasteiger charge is 2.17. The van der Waals surface area contributed by atoms with E-state index in [2.05, 4.69) is 11.4 Å². The highest BCUT2D eigenvalue weighted by atomic mass is 31.2. The van der Waals surface area contributed by atoms with Gasteiger partial charge in [0.2, 0.25) is 0 Å². The minimum Gasteiger partial charge on any atom is -0.303 e. The molecule has 0 amide bonds. The van der Waals surface area contributed by atoms with E-state index in [1.807, 2.05) is 0 Å².